The van der Waals surface area contributed by atoms with Crippen LogP contribution in [-0.4, -0.2) is 19.5 Å². The molecule has 64 heavy (non-hydrogen) atoms. The average molecular weight is 817 g/mol. The zero-order chi connectivity index (χ0) is 42.1. The van der Waals surface area contributed by atoms with E-state index in [9.17, 15) is 0 Å². The highest BCUT2D eigenvalue weighted by atomic mass is 16.3. The first-order valence-electron chi connectivity index (χ1n) is 21.6. The number of nitrogens with zero attached hydrogens (tertiary/aromatic N) is 4. The van der Waals surface area contributed by atoms with Crippen molar-refractivity contribution in [3.8, 4) is 62.1 Å². The molecular weight excluding hydrogens is 781 g/mol. The fraction of sp³-hybridized carbons (Fsp3) is 0. The van der Waals surface area contributed by atoms with Gasteiger partial charge in [-0.25, -0.2) is 15.0 Å². The van der Waals surface area contributed by atoms with Gasteiger partial charge in [-0.15, -0.1) is 0 Å². The summed E-state index contributed by atoms with van der Waals surface area (Å²) in [6, 6.07) is 76.9. The Morgan fingerprint density at radius 1 is 0.328 bits per heavy atom. The van der Waals surface area contributed by atoms with E-state index in [0.29, 0.717) is 17.5 Å². The number of para-hydroxylation sites is 2. The monoisotopic (exact) mass is 816 g/mol. The second-order valence-corrected chi connectivity index (χ2v) is 16.4. The molecule has 298 valence electrons. The number of benzene rings is 10. The first kappa shape index (κ1) is 36.0. The Balaban J connectivity index is 1.05. The van der Waals surface area contributed by atoms with Gasteiger partial charge in [0.1, 0.15) is 11.2 Å². The maximum absolute atomic E-state index is 6.90. The molecule has 0 aliphatic carbocycles. The minimum Gasteiger partial charge on any atom is -0.455 e. The third-order valence-electron chi connectivity index (χ3n) is 12.6. The highest BCUT2D eigenvalue weighted by Crippen LogP contribution is 2.43. The summed E-state index contributed by atoms with van der Waals surface area (Å²) in [5, 5.41) is 9.11. The van der Waals surface area contributed by atoms with Gasteiger partial charge in [0.05, 0.1) is 16.6 Å². The Labute approximate surface area is 368 Å². The van der Waals surface area contributed by atoms with Crippen molar-refractivity contribution in [2.24, 2.45) is 0 Å². The van der Waals surface area contributed by atoms with Crippen LogP contribution in [0.1, 0.15) is 0 Å². The number of hydrogen-bond donors (Lipinski definition) is 0. The number of furan rings is 1. The number of fused-ring (bicyclic) bond motifs is 9. The Morgan fingerprint density at radius 3 is 1.59 bits per heavy atom. The van der Waals surface area contributed by atoms with Crippen molar-refractivity contribution in [1.29, 1.82) is 0 Å². The van der Waals surface area contributed by atoms with Crippen LogP contribution in [0.15, 0.2) is 223 Å². The Bertz CT molecular complexity index is 3860. The molecule has 0 atom stereocenters. The van der Waals surface area contributed by atoms with Gasteiger partial charge in [-0.3, -0.25) is 0 Å². The quantitative estimate of drug-likeness (QED) is 0.168. The maximum atomic E-state index is 6.90. The van der Waals surface area contributed by atoms with Crippen molar-refractivity contribution < 1.29 is 4.42 Å². The van der Waals surface area contributed by atoms with E-state index in [1.807, 2.05) is 24.3 Å². The van der Waals surface area contributed by atoms with E-state index in [-0.39, 0.29) is 0 Å². The molecule has 0 spiro atoms. The first-order chi connectivity index (χ1) is 31.7. The summed E-state index contributed by atoms with van der Waals surface area (Å²) in [5.41, 5.74) is 12.0. The number of aromatic nitrogens is 4. The predicted molar refractivity (Wildman–Crippen MR) is 264 cm³/mol. The Hall–Kier alpha value is -8.67. The number of hydrogen-bond acceptors (Lipinski definition) is 4. The Kier molecular flexibility index (Phi) is 8.15. The molecule has 10 aromatic carbocycles. The summed E-state index contributed by atoms with van der Waals surface area (Å²) in [6.07, 6.45) is 0. The van der Waals surface area contributed by atoms with Gasteiger partial charge in [-0.2, -0.15) is 0 Å². The van der Waals surface area contributed by atoms with Gasteiger partial charge in [0, 0.05) is 38.4 Å². The van der Waals surface area contributed by atoms with Crippen LogP contribution in [-0.2, 0) is 0 Å². The molecule has 5 nitrogen and oxygen atoms in total. The van der Waals surface area contributed by atoms with Crippen LogP contribution in [0.5, 0.6) is 0 Å². The third kappa shape index (κ3) is 5.90. The van der Waals surface area contributed by atoms with Crippen molar-refractivity contribution in [3.63, 3.8) is 0 Å². The molecule has 0 amide bonds. The number of rotatable bonds is 6. The molecule has 13 rings (SSSR count). The molecule has 3 aromatic heterocycles. The van der Waals surface area contributed by atoms with Crippen molar-refractivity contribution in [2.75, 3.05) is 0 Å². The van der Waals surface area contributed by atoms with Gasteiger partial charge in [0.2, 0.25) is 0 Å². The molecule has 0 aliphatic heterocycles. The molecule has 0 saturated carbocycles. The lowest BCUT2D eigenvalue weighted by molar-refractivity contribution is 0.670. The molecule has 0 fully saturated rings. The third-order valence-corrected chi connectivity index (χ3v) is 12.6. The van der Waals surface area contributed by atoms with E-state index in [1.165, 1.54) is 27.1 Å². The second-order valence-electron chi connectivity index (χ2n) is 16.4. The standard InChI is InChI=1S/C59H36N4O/c1-3-15-37(16-4-1)39-21-13-23-44(31-39)57-60-58(45-24-14-22-40(32-45)38-17-5-2-6-18-38)62-59(61-57)51-34-43-29-30-46(36-49(43)55-48-26-10-12-28-54(48)64-56(51)55)63-52-27-11-9-25-47(52)50-33-41-19-7-8-20-42(41)35-53(50)63/h1-36H. The highest BCUT2D eigenvalue weighted by molar-refractivity contribution is 6.23. The minimum atomic E-state index is 0.541. The van der Waals surface area contributed by atoms with E-state index in [4.69, 9.17) is 19.4 Å². The molecule has 13 aromatic rings. The molecule has 0 N–H and O–H groups in total. The molecular formula is C59H36N4O. The highest BCUT2D eigenvalue weighted by Gasteiger charge is 2.22. The van der Waals surface area contributed by atoms with Crippen LogP contribution in [0.3, 0.4) is 0 Å². The van der Waals surface area contributed by atoms with Gasteiger partial charge in [-0.05, 0) is 98.4 Å². The van der Waals surface area contributed by atoms with Crippen LogP contribution in [0, 0.1) is 0 Å². The SMILES string of the molecule is c1ccc(-c2cccc(-c3nc(-c4cccc(-c5ccccc5)c4)nc(-c4cc5ccc(-n6c7ccccc7c7cc8ccccc8cc76)cc5c5c4oc4ccccc45)n3)c2)cc1. The maximum Gasteiger partial charge on any atom is 0.167 e. The summed E-state index contributed by atoms with van der Waals surface area (Å²) in [7, 11) is 0. The largest absolute Gasteiger partial charge is 0.455 e. The lowest BCUT2D eigenvalue weighted by Crippen LogP contribution is -2.01. The smallest absolute Gasteiger partial charge is 0.167 e. The predicted octanol–water partition coefficient (Wildman–Crippen LogP) is 15.5. The molecule has 0 unspecified atom stereocenters. The van der Waals surface area contributed by atoms with Crippen molar-refractivity contribution in [1.82, 2.24) is 19.5 Å². The molecule has 5 heteroatoms. The van der Waals surface area contributed by atoms with E-state index < -0.39 is 0 Å². The van der Waals surface area contributed by atoms with Crippen LogP contribution >= 0.6 is 0 Å². The van der Waals surface area contributed by atoms with Gasteiger partial charge in [-0.1, -0.05) is 164 Å². The zero-order valence-electron chi connectivity index (χ0n) is 34.5. The van der Waals surface area contributed by atoms with Crippen molar-refractivity contribution >= 4 is 65.3 Å². The van der Waals surface area contributed by atoms with Crippen LogP contribution in [0.2, 0.25) is 0 Å². The summed E-state index contributed by atoms with van der Waals surface area (Å²) in [6.45, 7) is 0. The van der Waals surface area contributed by atoms with Crippen molar-refractivity contribution in [3.05, 3.63) is 218 Å². The molecule has 0 saturated heterocycles. The van der Waals surface area contributed by atoms with Gasteiger partial charge < -0.3 is 8.98 Å². The molecule has 0 aliphatic rings. The zero-order valence-corrected chi connectivity index (χ0v) is 34.5. The van der Waals surface area contributed by atoms with Gasteiger partial charge in [0.15, 0.2) is 17.5 Å². The van der Waals surface area contributed by atoms with Crippen LogP contribution < -0.4 is 0 Å². The lowest BCUT2D eigenvalue weighted by atomic mass is 9.98. The fourth-order valence-electron chi connectivity index (χ4n) is 9.54. The Morgan fingerprint density at radius 2 is 0.891 bits per heavy atom. The minimum absolute atomic E-state index is 0.541. The van der Waals surface area contributed by atoms with Crippen LogP contribution in [0.4, 0.5) is 0 Å². The first-order valence-corrected chi connectivity index (χ1v) is 21.6. The van der Waals surface area contributed by atoms with E-state index in [1.54, 1.807) is 0 Å². The lowest BCUT2D eigenvalue weighted by Gasteiger charge is -2.13. The topological polar surface area (TPSA) is 56.7 Å². The van der Waals surface area contributed by atoms with E-state index >= 15 is 0 Å². The molecule has 3 heterocycles. The van der Waals surface area contributed by atoms with Crippen LogP contribution in [0.25, 0.3) is 127 Å². The van der Waals surface area contributed by atoms with Gasteiger partial charge in [0.25, 0.3) is 0 Å². The summed E-state index contributed by atoms with van der Waals surface area (Å²) >= 11 is 0. The van der Waals surface area contributed by atoms with Crippen molar-refractivity contribution in [2.45, 2.75) is 0 Å². The second kappa shape index (κ2) is 14.5. The molecule has 0 bridgehead atoms. The summed E-state index contributed by atoms with van der Waals surface area (Å²) in [4.78, 5) is 15.8. The summed E-state index contributed by atoms with van der Waals surface area (Å²) < 4.78 is 9.30. The summed E-state index contributed by atoms with van der Waals surface area (Å²) in [5.74, 6) is 1.71. The van der Waals surface area contributed by atoms with Gasteiger partial charge >= 0.3 is 0 Å². The normalized spacial score (nSPS) is 11.8. The fourth-order valence-corrected chi connectivity index (χ4v) is 9.54. The van der Waals surface area contributed by atoms with E-state index in [0.717, 1.165) is 82.9 Å². The molecule has 0 radical (unpaired) electrons. The van der Waals surface area contributed by atoms with E-state index in [2.05, 4.69) is 199 Å². The average Bonchev–Trinajstić information content (AvgIpc) is 3.92.